The summed E-state index contributed by atoms with van der Waals surface area (Å²) in [7, 11) is 1.57. The van der Waals surface area contributed by atoms with Gasteiger partial charge in [0.1, 0.15) is 0 Å². The highest BCUT2D eigenvalue weighted by Gasteiger charge is 2.50. The number of hydrogen-bond donors (Lipinski definition) is 1. The van der Waals surface area contributed by atoms with E-state index in [1.165, 1.54) is 11.8 Å². The van der Waals surface area contributed by atoms with Crippen molar-refractivity contribution in [1.82, 2.24) is 4.98 Å². The lowest BCUT2D eigenvalue weighted by molar-refractivity contribution is -0.145. The van der Waals surface area contributed by atoms with Crippen molar-refractivity contribution in [2.75, 3.05) is 17.3 Å². The lowest BCUT2D eigenvalue weighted by Gasteiger charge is -2.36. The second kappa shape index (κ2) is 5.14. The number of ether oxygens (including phenoxy) is 1. The number of anilines is 2. The minimum atomic E-state index is -1.64. The van der Waals surface area contributed by atoms with Crippen LogP contribution in [0.2, 0.25) is 0 Å². The number of fused-ring (bicyclic) bond motifs is 1. The van der Waals surface area contributed by atoms with Gasteiger partial charge in [-0.05, 0) is 31.2 Å². The molecule has 0 saturated heterocycles. The van der Waals surface area contributed by atoms with Gasteiger partial charge in [-0.2, -0.15) is 0 Å². The summed E-state index contributed by atoms with van der Waals surface area (Å²) in [5.74, 6) is -0.190. The normalized spacial score (nSPS) is 20.1. The Morgan fingerprint density at radius 3 is 2.68 bits per heavy atom. The summed E-state index contributed by atoms with van der Waals surface area (Å²) in [6.45, 7) is 1.46. The Morgan fingerprint density at radius 1 is 1.23 bits per heavy atom. The monoisotopic (exact) mass is 297 g/mol. The molecule has 1 aromatic heterocycles. The zero-order valence-electron chi connectivity index (χ0n) is 12.2. The minimum Gasteiger partial charge on any atom is -0.464 e. The van der Waals surface area contributed by atoms with E-state index in [-0.39, 0.29) is 0 Å². The first-order valence-corrected chi connectivity index (χ1v) is 6.81. The van der Waals surface area contributed by atoms with Gasteiger partial charge in [-0.25, -0.2) is 4.98 Å². The van der Waals surface area contributed by atoms with Gasteiger partial charge >= 0.3 is 0 Å². The van der Waals surface area contributed by atoms with E-state index in [0.717, 1.165) is 0 Å². The largest absolute Gasteiger partial charge is 0.464 e. The number of para-hydroxylation sites is 1. The van der Waals surface area contributed by atoms with Crippen LogP contribution in [0.1, 0.15) is 6.92 Å². The molecule has 0 spiro atoms. The predicted octanol–water partition coefficient (Wildman–Crippen LogP) is 1.83. The van der Waals surface area contributed by atoms with Crippen LogP contribution in [-0.4, -0.2) is 29.4 Å². The Balaban J connectivity index is 1.92. The van der Waals surface area contributed by atoms with Gasteiger partial charge in [0, 0.05) is 18.9 Å². The Labute approximate surface area is 127 Å². The van der Waals surface area contributed by atoms with Crippen LogP contribution in [-0.2, 0) is 9.59 Å². The van der Waals surface area contributed by atoms with E-state index in [1.807, 2.05) is 6.07 Å². The van der Waals surface area contributed by atoms with E-state index in [2.05, 4.69) is 10.3 Å². The first-order valence-electron chi connectivity index (χ1n) is 6.81. The summed E-state index contributed by atoms with van der Waals surface area (Å²) in [6, 6.07) is 12.3. The standard InChI is InChI=1S/C16H15N3O3/c1-16(14(20)18-11-7-4-3-5-8-11)15(21)19(2)13-12(22-16)9-6-10-17-13/h3-10H,1-2H3,(H,18,20). The summed E-state index contributed by atoms with van der Waals surface area (Å²) in [5, 5.41) is 2.70. The lowest BCUT2D eigenvalue weighted by Crippen LogP contribution is -2.60. The van der Waals surface area contributed by atoms with Crippen molar-refractivity contribution < 1.29 is 14.3 Å². The molecule has 22 heavy (non-hydrogen) atoms. The van der Waals surface area contributed by atoms with Crippen LogP contribution in [0.15, 0.2) is 48.7 Å². The van der Waals surface area contributed by atoms with Crippen LogP contribution in [0.5, 0.6) is 5.75 Å². The summed E-state index contributed by atoms with van der Waals surface area (Å²) in [4.78, 5) is 30.5. The quantitative estimate of drug-likeness (QED) is 0.859. The van der Waals surface area contributed by atoms with Crippen LogP contribution in [0.25, 0.3) is 0 Å². The Kier molecular flexibility index (Phi) is 3.29. The van der Waals surface area contributed by atoms with Crippen LogP contribution >= 0.6 is 0 Å². The number of benzene rings is 1. The van der Waals surface area contributed by atoms with Gasteiger partial charge < -0.3 is 10.1 Å². The van der Waals surface area contributed by atoms with Gasteiger partial charge in [-0.1, -0.05) is 18.2 Å². The molecule has 112 valence electrons. The highest BCUT2D eigenvalue weighted by molar-refractivity contribution is 6.19. The topological polar surface area (TPSA) is 71.5 Å². The van der Waals surface area contributed by atoms with Gasteiger partial charge in [0.15, 0.2) is 11.6 Å². The lowest BCUT2D eigenvalue weighted by atomic mass is 10.0. The molecule has 1 unspecified atom stereocenters. The van der Waals surface area contributed by atoms with E-state index < -0.39 is 17.4 Å². The molecule has 2 heterocycles. The molecule has 0 fully saturated rings. The molecule has 2 amide bonds. The smallest absolute Gasteiger partial charge is 0.281 e. The highest BCUT2D eigenvalue weighted by atomic mass is 16.5. The first-order chi connectivity index (χ1) is 10.5. The summed E-state index contributed by atoms with van der Waals surface area (Å²) < 4.78 is 5.67. The SMILES string of the molecule is CN1C(=O)C(C)(C(=O)Nc2ccccc2)Oc2cccnc21. The van der Waals surface area contributed by atoms with Crippen molar-refractivity contribution in [2.24, 2.45) is 0 Å². The third-order valence-electron chi connectivity index (χ3n) is 3.56. The van der Waals surface area contributed by atoms with Crippen LogP contribution < -0.4 is 15.0 Å². The molecular formula is C16H15N3O3. The number of amides is 2. The molecule has 1 N–H and O–H groups in total. The number of aromatic nitrogens is 1. The summed E-state index contributed by atoms with van der Waals surface area (Å²) >= 11 is 0. The van der Waals surface area contributed by atoms with Crippen LogP contribution in [0.4, 0.5) is 11.5 Å². The number of rotatable bonds is 2. The zero-order valence-corrected chi connectivity index (χ0v) is 12.2. The highest BCUT2D eigenvalue weighted by Crippen LogP contribution is 2.35. The fourth-order valence-electron chi connectivity index (χ4n) is 2.31. The zero-order chi connectivity index (χ0) is 15.7. The van der Waals surface area contributed by atoms with Crippen molar-refractivity contribution in [3.63, 3.8) is 0 Å². The fourth-order valence-corrected chi connectivity index (χ4v) is 2.31. The Hall–Kier alpha value is -2.89. The van der Waals surface area contributed by atoms with Crippen molar-refractivity contribution in [3.05, 3.63) is 48.7 Å². The third-order valence-corrected chi connectivity index (χ3v) is 3.56. The van der Waals surface area contributed by atoms with Crippen LogP contribution in [0.3, 0.4) is 0 Å². The fraction of sp³-hybridized carbons (Fsp3) is 0.188. The number of carbonyl (C=O) groups excluding carboxylic acids is 2. The third kappa shape index (κ3) is 2.18. The number of pyridine rings is 1. The van der Waals surface area contributed by atoms with Crippen LogP contribution in [0, 0.1) is 0 Å². The molecule has 1 atom stereocenters. The van der Waals surface area contributed by atoms with Gasteiger partial charge in [-0.15, -0.1) is 0 Å². The summed E-state index contributed by atoms with van der Waals surface area (Å²) in [5.41, 5.74) is -1.04. The van der Waals surface area contributed by atoms with Crippen molar-refractivity contribution >= 4 is 23.3 Å². The van der Waals surface area contributed by atoms with Gasteiger partial charge in [0.05, 0.1) is 0 Å². The maximum atomic E-state index is 12.6. The van der Waals surface area contributed by atoms with E-state index in [4.69, 9.17) is 4.74 Å². The average molecular weight is 297 g/mol. The van der Waals surface area contributed by atoms with Gasteiger partial charge in [-0.3, -0.25) is 14.5 Å². The van der Waals surface area contributed by atoms with Gasteiger partial charge in [0.25, 0.3) is 17.4 Å². The van der Waals surface area contributed by atoms with Crippen molar-refractivity contribution in [1.29, 1.82) is 0 Å². The molecule has 6 nitrogen and oxygen atoms in total. The van der Waals surface area contributed by atoms with E-state index in [0.29, 0.717) is 17.3 Å². The molecule has 1 aliphatic heterocycles. The minimum absolute atomic E-state index is 0.398. The second-order valence-electron chi connectivity index (χ2n) is 5.14. The number of carbonyl (C=O) groups is 2. The Morgan fingerprint density at radius 2 is 1.95 bits per heavy atom. The van der Waals surface area contributed by atoms with Crippen molar-refractivity contribution in [2.45, 2.75) is 12.5 Å². The molecule has 3 rings (SSSR count). The Bertz CT molecular complexity index is 732. The molecule has 1 aromatic carbocycles. The van der Waals surface area contributed by atoms with E-state index in [1.54, 1.807) is 49.6 Å². The molecular weight excluding hydrogens is 282 g/mol. The number of likely N-dealkylation sites (N-methyl/N-ethyl adjacent to an activating group) is 1. The average Bonchev–Trinajstić information content (AvgIpc) is 2.54. The molecule has 0 radical (unpaired) electrons. The van der Waals surface area contributed by atoms with E-state index in [9.17, 15) is 9.59 Å². The maximum absolute atomic E-state index is 12.6. The predicted molar refractivity (Wildman–Crippen MR) is 81.8 cm³/mol. The van der Waals surface area contributed by atoms with E-state index >= 15 is 0 Å². The number of nitrogens with zero attached hydrogens (tertiary/aromatic N) is 2. The molecule has 0 aliphatic carbocycles. The molecule has 2 aromatic rings. The summed E-state index contributed by atoms with van der Waals surface area (Å²) in [6.07, 6.45) is 1.57. The first kappa shape index (κ1) is 14.1. The molecule has 0 bridgehead atoms. The number of nitrogens with one attached hydrogen (secondary N) is 1. The maximum Gasteiger partial charge on any atom is 0.281 e. The van der Waals surface area contributed by atoms with Gasteiger partial charge in [0.2, 0.25) is 0 Å². The molecule has 0 saturated carbocycles. The molecule has 1 aliphatic rings. The van der Waals surface area contributed by atoms with Crippen molar-refractivity contribution in [3.8, 4) is 5.75 Å². The number of hydrogen-bond acceptors (Lipinski definition) is 4. The second-order valence-corrected chi connectivity index (χ2v) is 5.14. The molecule has 6 heteroatoms.